The smallest absolute Gasteiger partial charge is 0.136 e. The first kappa shape index (κ1) is 16.1. The van der Waals surface area contributed by atoms with Gasteiger partial charge < -0.3 is 4.74 Å². The van der Waals surface area contributed by atoms with Crippen LogP contribution in [0.2, 0.25) is 0 Å². The Balaban J connectivity index is 2.08. The summed E-state index contributed by atoms with van der Waals surface area (Å²) in [6.07, 6.45) is 3.74. The second-order valence-corrected chi connectivity index (χ2v) is 6.77. The molecule has 2 rings (SSSR count). The molecule has 0 amide bonds. The maximum Gasteiger partial charge on any atom is 0.136 e. The van der Waals surface area contributed by atoms with E-state index in [-0.39, 0.29) is 5.92 Å². The van der Waals surface area contributed by atoms with Gasteiger partial charge in [-0.1, -0.05) is 45.9 Å². The number of benzene rings is 1. The van der Waals surface area contributed by atoms with Gasteiger partial charge in [-0.3, -0.25) is 4.79 Å². The largest absolute Gasteiger partial charge is 0.493 e. The summed E-state index contributed by atoms with van der Waals surface area (Å²) in [5.74, 6) is 2.62. The molecule has 0 spiro atoms. The molecule has 0 radical (unpaired) electrons. The van der Waals surface area contributed by atoms with Crippen molar-refractivity contribution in [1.29, 1.82) is 0 Å². The second-order valence-electron chi connectivity index (χ2n) is 6.77. The predicted octanol–water partition coefficient (Wildman–Crippen LogP) is 5.07. The summed E-state index contributed by atoms with van der Waals surface area (Å²) >= 11 is 0. The summed E-state index contributed by atoms with van der Waals surface area (Å²) in [6, 6.07) is 6.44. The Morgan fingerprint density at radius 1 is 1.14 bits per heavy atom. The number of rotatable bonds is 6. The molecule has 1 atom stereocenters. The van der Waals surface area contributed by atoms with Gasteiger partial charge in [-0.15, -0.1) is 0 Å². The van der Waals surface area contributed by atoms with E-state index < -0.39 is 0 Å². The summed E-state index contributed by atoms with van der Waals surface area (Å²) in [7, 11) is 0. The standard InChI is InChI=1S/C19H28O2/c1-13(2)16-8-6-9-17(14(3)4)19(16)21-12-11-15-7-5-10-18(15)20/h6,8-9,13-15H,5,7,10-12H2,1-4H3. The number of carbonyl (C=O) groups excluding carboxylic acids is 1. The SMILES string of the molecule is CC(C)c1cccc(C(C)C)c1OCCC1CCCC1=O. The van der Waals surface area contributed by atoms with Crippen LogP contribution in [0, 0.1) is 5.92 Å². The third kappa shape index (κ3) is 3.87. The zero-order valence-corrected chi connectivity index (χ0v) is 13.8. The Labute approximate surface area is 128 Å². The Bertz CT molecular complexity index is 462. The lowest BCUT2D eigenvalue weighted by atomic mass is 9.94. The molecule has 0 aromatic heterocycles. The van der Waals surface area contributed by atoms with E-state index in [4.69, 9.17) is 4.74 Å². The molecule has 2 nitrogen and oxygen atoms in total. The molecule has 0 heterocycles. The van der Waals surface area contributed by atoms with Gasteiger partial charge >= 0.3 is 0 Å². The first-order chi connectivity index (χ1) is 10.0. The lowest BCUT2D eigenvalue weighted by Gasteiger charge is -2.20. The quantitative estimate of drug-likeness (QED) is 0.730. The molecular formula is C19H28O2. The first-order valence-corrected chi connectivity index (χ1v) is 8.29. The van der Waals surface area contributed by atoms with Crippen molar-refractivity contribution in [3.8, 4) is 5.75 Å². The fourth-order valence-corrected chi connectivity index (χ4v) is 3.15. The Morgan fingerprint density at radius 3 is 2.24 bits per heavy atom. The molecule has 1 aromatic carbocycles. The maximum absolute atomic E-state index is 11.7. The molecule has 1 aromatic rings. The topological polar surface area (TPSA) is 26.3 Å². The average molecular weight is 288 g/mol. The number of ketones is 1. The van der Waals surface area contributed by atoms with E-state index in [2.05, 4.69) is 45.9 Å². The van der Waals surface area contributed by atoms with Gasteiger partial charge in [0.15, 0.2) is 0 Å². The van der Waals surface area contributed by atoms with E-state index in [1.807, 2.05) is 0 Å². The third-order valence-electron chi connectivity index (χ3n) is 4.46. The van der Waals surface area contributed by atoms with Crippen LogP contribution >= 0.6 is 0 Å². The number of hydrogen-bond donors (Lipinski definition) is 0. The van der Waals surface area contributed by atoms with Crippen LogP contribution in [0.1, 0.15) is 76.3 Å². The summed E-state index contributed by atoms with van der Waals surface area (Å²) < 4.78 is 6.15. The number of hydrogen-bond acceptors (Lipinski definition) is 2. The zero-order chi connectivity index (χ0) is 15.4. The molecule has 0 saturated heterocycles. The van der Waals surface area contributed by atoms with Gasteiger partial charge in [0.2, 0.25) is 0 Å². The van der Waals surface area contributed by atoms with E-state index in [1.165, 1.54) is 11.1 Å². The highest BCUT2D eigenvalue weighted by molar-refractivity contribution is 5.82. The molecule has 0 bridgehead atoms. The molecule has 1 aliphatic carbocycles. The van der Waals surface area contributed by atoms with Crippen LogP contribution in [0.4, 0.5) is 0 Å². The van der Waals surface area contributed by atoms with Crippen molar-refractivity contribution in [3.05, 3.63) is 29.3 Å². The van der Waals surface area contributed by atoms with E-state index in [1.54, 1.807) is 0 Å². The highest BCUT2D eigenvalue weighted by Gasteiger charge is 2.24. The maximum atomic E-state index is 11.7. The van der Waals surface area contributed by atoms with Crippen LogP contribution in [0.5, 0.6) is 5.75 Å². The minimum Gasteiger partial charge on any atom is -0.493 e. The highest BCUT2D eigenvalue weighted by atomic mass is 16.5. The molecule has 2 heteroatoms. The Kier molecular flexibility index (Phi) is 5.44. The van der Waals surface area contributed by atoms with Crippen molar-refractivity contribution < 1.29 is 9.53 Å². The molecule has 0 aliphatic heterocycles. The normalized spacial score (nSPS) is 18.8. The Morgan fingerprint density at radius 2 is 1.76 bits per heavy atom. The lowest BCUT2D eigenvalue weighted by Crippen LogP contribution is -2.12. The zero-order valence-electron chi connectivity index (χ0n) is 13.8. The van der Waals surface area contributed by atoms with Crippen LogP contribution in [-0.2, 0) is 4.79 Å². The van der Waals surface area contributed by atoms with E-state index in [0.29, 0.717) is 24.2 Å². The number of carbonyl (C=O) groups is 1. The van der Waals surface area contributed by atoms with Gasteiger partial charge in [0, 0.05) is 12.3 Å². The fourth-order valence-electron chi connectivity index (χ4n) is 3.15. The van der Waals surface area contributed by atoms with Crippen molar-refractivity contribution in [2.45, 2.75) is 65.2 Å². The summed E-state index contributed by atoms with van der Waals surface area (Å²) in [4.78, 5) is 11.7. The van der Waals surface area contributed by atoms with Crippen molar-refractivity contribution in [2.75, 3.05) is 6.61 Å². The minimum absolute atomic E-state index is 0.235. The molecule has 21 heavy (non-hydrogen) atoms. The lowest BCUT2D eigenvalue weighted by molar-refractivity contribution is -0.121. The van der Waals surface area contributed by atoms with E-state index in [9.17, 15) is 4.79 Å². The van der Waals surface area contributed by atoms with E-state index in [0.717, 1.165) is 31.4 Å². The van der Waals surface area contributed by atoms with Crippen molar-refractivity contribution >= 4 is 5.78 Å². The van der Waals surface area contributed by atoms with Gasteiger partial charge in [0.25, 0.3) is 0 Å². The van der Waals surface area contributed by atoms with E-state index >= 15 is 0 Å². The van der Waals surface area contributed by atoms with Gasteiger partial charge in [0.1, 0.15) is 11.5 Å². The predicted molar refractivity (Wildman–Crippen MR) is 87.1 cm³/mol. The summed E-state index contributed by atoms with van der Waals surface area (Å²) in [6.45, 7) is 9.46. The van der Waals surface area contributed by atoms with Gasteiger partial charge in [-0.2, -0.15) is 0 Å². The average Bonchev–Trinajstić information content (AvgIpc) is 2.84. The van der Waals surface area contributed by atoms with Crippen molar-refractivity contribution in [1.82, 2.24) is 0 Å². The number of ether oxygens (including phenoxy) is 1. The van der Waals surface area contributed by atoms with Crippen LogP contribution in [0.3, 0.4) is 0 Å². The molecule has 1 fully saturated rings. The van der Waals surface area contributed by atoms with Crippen molar-refractivity contribution in [2.24, 2.45) is 5.92 Å². The van der Waals surface area contributed by atoms with Gasteiger partial charge in [-0.05, 0) is 42.2 Å². The molecule has 116 valence electrons. The van der Waals surface area contributed by atoms with Crippen LogP contribution in [-0.4, -0.2) is 12.4 Å². The summed E-state index contributed by atoms with van der Waals surface area (Å²) in [5, 5.41) is 0. The highest BCUT2D eigenvalue weighted by Crippen LogP contribution is 2.35. The summed E-state index contributed by atoms with van der Waals surface area (Å²) in [5.41, 5.74) is 2.55. The molecular weight excluding hydrogens is 260 g/mol. The molecule has 0 N–H and O–H groups in total. The number of Topliss-reactive ketones (excluding diaryl/α,β-unsaturated/α-hetero) is 1. The second kappa shape index (κ2) is 7.11. The van der Waals surface area contributed by atoms with Gasteiger partial charge in [0.05, 0.1) is 6.61 Å². The fraction of sp³-hybridized carbons (Fsp3) is 0.632. The van der Waals surface area contributed by atoms with Crippen LogP contribution < -0.4 is 4.74 Å². The molecule has 1 saturated carbocycles. The van der Waals surface area contributed by atoms with Crippen LogP contribution in [0.15, 0.2) is 18.2 Å². The number of para-hydroxylation sites is 1. The molecule has 1 unspecified atom stereocenters. The van der Waals surface area contributed by atoms with Crippen molar-refractivity contribution in [3.63, 3.8) is 0 Å². The van der Waals surface area contributed by atoms with Gasteiger partial charge in [-0.25, -0.2) is 0 Å². The third-order valence-corrected chi connectivity index (χ3v) is 4.46. The molecule has 1 aliphatic rings. The minimum atomic E-state index is 0.235. The Hall–Kier alpha value is -1.31. The van der Waals surface area contributed by atoms with Crippen LogP contribution in [0.25, 0.3) is 0 Å². The first-order valence-electron chi connectivity index (χ1n) is 8.29. The monoisotopic (exact) mass is 288 g/mol.